The molecule has 1 fully saturated rings. The quantitative estimate of drug-likeness (QED) is 0.859. The number of hydrogen-bond acceptors (Lipinski definition) is 2. The van der Waals surface area contributed by atoms with Crippen molar-refractivity contribution < 1.29 is 9.50 Å². The first-order valence-electron chi connectivity index (χ1n) is 5.50. The normalized spacial score (nSPS) is 15.8. The van der Waals surface area contributed by atoms with E-state index < -0.39 is 0 Å². The van der Waals surface area contributed by atoms with E-state index in [1.54, 1.807) is 18.2 Å². The Morgan fingerprint density at radius 1 is 1.44 bits per heavy atom. The van der Waals surface area contributed by atoms with Crippen molar-refractivity contribution in [3.05, 3.63) is 34.6 Å². The van der Waals surface area contributed by atoms with Crippen LogP contribution in [0.25, 0.3) is 0 Å². The van der Waals surface area contributed by atoms with Crippen LogP contribution in [0.1, 0.15) is 18.4 Å². The minimum atomic E-state index is -0.340. The van der Waals surface area contributed by atoms with E-state index in [0.717, 1.165) is 12.8 Å². The van der Waals surface area contributed by atoms with E-state index in [0.29, 0.717) is 24.7 Å². The fraction of sp³-hybridized carbons (Fsp3) is 0.500. The lowest BCUT2D eigenvalue weighted by atomic mass is 10.2. The number of nitrogens with zero attached hydrogens (tertiary/aromatic N) is 1. The summed E-state index contributed by atoms with van der Waals surface area (Å²) in [6.45, 7) is 1.23. The molecule has 0 spiro atoms. The van der Waals surface area contributed by atoms with Gasteiger partial charge in [-0.3, -0.25) is 4.90 Å². The van der Waals surface area contributed by atoms with Crippen LogP contribution in [0, 0.1) is 5.82 Å². The Labute approximate surface area is 99.6 Å². The number of hydrogen-bond donors (Lipinski definition) is 1. The lowest BCUT2D eigenvalue weighted by Crippen LogP contribution is -2.29. The van der Waals surface area contributed by atoms with Gasteiger partial charge in [0, 0.05) is 24.7 Å². The topological polar surface area (TPSA) is 23.5 Å². The van der Waals surface area contributed by atoms with Crippen LogP contribution in [-0.2, 0) is 6.54 Å². The molecule has 0 heterocycles. The number of benzene rings is 1. The summed E-state index contributed by atoms with van der Waals surface area (Å²) >= 11 is 5.73. The number of rotatable bonds is 5. The summed E-state index contributed by atoms with van der Waals surface area (Å²) in [5.74, 6) is -0.340. The van der Waals surface area contributed by atoms with E-state index >= 15 is 0 Å². The van der Waals surface area contributed by atoms with Gasteiger partial charge in [-0.05, 0) is 18.9 Å². The van der Waals surface area contributed by atoms with E-state index in [2.05, 4.69) is 4.90 Å². The smallest absolute Gasteiger partial charge is 0.146 e. The third-order valence-electron chi connectivity index (χ3n) is 2.86. The van der Waals surface area contributed by atoms with Crippen molar-refractivity contribution in [3.63, 3.8) is 0 Å². The maximum Gasteiger partial charge on any atom is 0.146 e. The Balaban J connectivity index is 2.08. The van der Waals surface area contributed by atoms with E-state index in [-0.39, 0.29) is 17.4 Å². The standard InChI is InChI=1S/C12H15ClFNO/c13-11-3-1-2-9(12(11)14)8-15(6-7-16)10-4-5-10/h1-3,10,16H,4-8H2. The third kappa shape index (κ3) is 2.73. The Morgan fingerprint density at radius 3 is 2.81 bits per heavy atom. The molecular weight excluding hydrogens is 229 g/mol. The molecule has 1 aliphatic carbocycles. The molecule has 0 aromatic heterocycles. The van der Waals surface area contributed by atoms with Gasteiger partial charge in [0.1, 0.15) is 5.82 Å². The second-order valence-corrected chi connectivity index (χ2v) is 4.55. The van der Waals surface area contributed by atoms with Crippen LogP contribution in [-0.4, -0.2) is 29.2 Å². The van der Waals surface area contributed by atoms with Crippen molar-refractivity contribution in [2.24, 2.45) is 0 Å². The molecule has 0 radical (unpaired) electrons. The molecule has 4 heteroatoms. The third-order valence-corrected chi connectivity index (χ3v) is 3.15. The van der Waals surface area contributed by atoms with Crippen LogP contribution < -0.4 is 0 Å². The van der Waals surface area contributed by atoms with Gasteiger partial charge in [-0.1, -0.05) is 23.7 Å². The van der Waals surface area contributed by atoms with Crippen LogP contribution in [0.15, 0.2) is 18.2 Å². The van der Waals surface area contributed by atoms with Crippen LogP contribution >= 0.6 is 11.6 Å². The van der Waals surface area contributed by atoms with E-state index in [4.69, 9.17) is 16.7 Å². The van der Waals surface area contributed by atoms with Crippen molar-refractivity contribution >= 4 is 11.6 Å². The van der Waals surface area contributed by atoms with Gasteiger partial charge < -0.3 is 5.11 Å². The fourth-order valence-corrected chi connectivity index (χ4v) is 2.04. The molecular formula is C12H15ClFNO. The van der Waals surface area contributed by atoms with Crippen LogP contribution in [0.2, 0.25) is 5.02 Å². The highest BCUT2D eigenvalue weighted by atomic mass is 35.5. The van der Waals surface area contributed by atoms with Crippen molar-refractivity contribution in [3.8, 4) is 0 Å². The average molecular weight is 244 g/mol. The second-order valence-electron chi connectivity index (χ2n) is 4.14. The zero-order valence-corrected chi connectivity index (χ0v) is 9.75. The largest absolute Gasteiger partial charge is 0.395 e. The first-order valence-corrected chi connectivity index (χ1v) is 5.88. The molecule has 0 amide bonds. The van der Waals surface area contributed by atoms with Crippen LogP contribution in [0.5, 0.6) is 0 Å². The molecule has 16 heavy (non-hydrogen) atoms. The molecule has 88 valence electrons. The van der Waals surface area contributed by atoms with Crippen LogP contribution in [0.4, 0.5) is 4.39 Å². The predicted molar refractivity (Wildman–Crippen MR) is 61.9 cm³/mol. The summed E-state index contributed by atoms with van der Waals surface area (Å²) in [6.07, 6.45) is 2.28. The molecule has 0 saturated heterocycles. The molecule has 0 atom stereocenters. The summed E-state index contributed by atoms with van der Waals surface area (Å²) in [7, 11) is 0. The van der Waals surface area contributed by atoms with Crippen molar-refractivity contribution in [2.45, 2.75) is 25.4 Å². The Bertz CT molecular complexity index is 368. The van der Waals surface area contributed by atoms with Gasteiger partial charge in [0.05, 0.1) is 11.6 Å². The molecule has 1 saturated carbocycles. The molecule has 1 aromatic carbocycles. The van der Waals surface area contributed by atoms with Gasteiger partial charge in [0.2, 0.25) is 0 Å². The highest BCUT2D eigenvalue weighted by Gasteiger charge is 2.29. The Kier molecular flexibility index (Phi) is 3.79. The van der Waals surface area contributed by atoms with Gasteiger partial charge in [-0.25, -0.2) is 4.39 Å². The molecule has 0 bridgehead atoms. The monoisotopic (exact) mass is 243 g/mol. The number of halogens is 2. The molecule has 2 rings (SSSR count). The highest BCUT2D eigenvalue weighted by Crippen LogP contribution is 2.29. The van der Waals surface area contributed by atoms with E-state index in [1.807, 2.05) is 0 Å². The minimum absolute atomic E-state index is 0.110. The zero-order valence-electron chi connectivity index (χ0n) is 9.00. The summed E-state index contributed by atoms with van der Waals surface area (Å²) in [5.41, 5.74) is 0.604. The van der Waals surface area contributed by atoms with E-state index in [9.17, 15) is 4.39 Å². The van der Waals surface area contributed by atoms with Gasteiger partial charge >= 0.3 is 0 Å². The predicted octanol–water partition coefficient (Wildman–Crippen LogP) is 2.44. The molecule has 0 unspecified atom stereocenters. The Morgan fingerprint density at radius 2 is 2.19 bits per heavy atom. The van der Waals surface area contributed by atoms with Crippen molar-refractivity contribution in [1.82, 2.24) is 4.90 Å². The summed E-state index contributed by atoms with van der Waals surface area (Å²) in [5, 5.41) is 9.12. The highest BCUT2D eigenvalue weighted by molar-refractivity contribution is 6.30. The maximum absolute atomic E-state index is 13.7. The second kappa shape index (κ2) is 5.13. The van der Waals surface area contributed by atoms with Gasteiger partial charge in [-0.15, -0.1) is 0 Å². The Hall–Kier alpha value is -0.640. The van der Waals surface area contributed by atoms with Gasteiger partial charge in [-0.2, -0.15) is 0 Å². The fourth-order valence-electron chi connectivity index (χ4n) is 1.85. The molecule has 1 N–H and O–H groups in total. The molecule has 1 aromatic rings. The summed E-state index contributed by atoms with van der Waals surface area (Å²) < 4.78 is 13.7. The molecule has 2 nitrogen and oxygen atoms in total. The number of aliphatic hydroxyl groups is 1. The lowest BCUT2D eigenvalue weighted by Gasteiger charge is -2.21. The SMILES string of the molecule is OCCN(Cc1cccc(Cl)c1F)C1CC1. The molecule has 1 aliphatic rings. The summed E-state index contributed by atoms with van der Waals surface area (Å²) in [4.78, 5) is 2.11. The zero-order chi connectivity index (χ0) is 11.5. The van der Waals surface area contributed by atoms with Gasteiger partial charge in [0.15, 0.2) is 0 Å². The first kappa shape index (κ1) is 11.8. The minimum Gasteiger partial charge on any atom is -0.395 e. The summed E-state index contributed by atoms with van der Waals surface area (Å²) in [6, 6.07) is 5.55. The molecule has 0 aliphatic heterocycles. The number of aliphatic hydroxyl groups excluding tert-OH is 1. The van der Waals surface area contributed by atoms with Gasteiger partial charge in [0.25, 0.3) is 0 Å². The van der Waals surface area contributed by atoms with Crippen molar-refractivity contribution in [2.75, 3.05) is 13.2 Å². The average Bonchev–Trinajstić information content (AvgIpc) is 3.07. The van der Waals surface area contributed by atoms with Crippen LogP contribution in [0.3, 0.4) is 0 Å². The maximum atomic E-state index is 13.7. The first-order chi connectivity index (χ1) is 7.72. The lowest BCUT2D eigenvalue weighted by molar-refractivity contribution is 0.182. The van der Waals surface area contributed by atoms with Crippen molar-refractivity contribution in [1.29, 1.82) is 0 Å². The van der Waals surface area contributed by atoms with E-state index in [1.165, 1.54) is 0 Å².